The minimum absolute atomic E-state index is 0.0274. The zero-order chi connectivity index (χ0) is 12.1. The lowest BCUT2D eigenvalue weighted by atomic mass is 10.5. The van der Waals surface area contributed by atoms with E-state index in [2.05, 4.69) is 15.0 Å². The topological polar surface area (TPSA) is 69.6 Å². The van der Waals surface area contributed by atoms with E-state index in [1.165, 1.54) is 7.05 Å². The molecule has 0 saturated heterocycles. The summed E-state index contributed by atoms with van der Waals surface area (Å²) in [6.45, 7) is 1.55. The van der Waals surface area contributed by atoms with Crippen molar-refractivity contribution >= 4 is 17.0 Å². The number of nitrogen functional groups attached to an aromatic ring is 1. The summed E-state index contributed by atoms with van der Waals surface area (Å²) >= 11 is 0. The van der Waals surface area contributed by atoms with Crippen molar-refractivity contribution in [2.75, 3.05) is 5.73 Å². The van der Waals surface area contributed by atoms with Gasteiger partial charge < -0.3 is 10.3 Å². The molecule has 86 valence electrons. The highest BCUT2D eigenvalue weighted by molar-refractivity contribution is 5.82. The van der Waals surface area contributed by atoms with Crippen molar-refractivity contribution in [1.29, 1.82) is 0 Å². The van der Waals surface area contributed by atoms with Crippen LogP contribution >= 0.6 is 0 Å². The molecule has 16 heavy (non-hydrogen) atoms. The van der Waals surface area contributed by atoms with Gasteiger partial charge in [0.05, 0.1) is 0 Å². The van der Waals surface area contributed by atoms with Crippen LogP contribution in [0.5, 0.6) is 0 Å². The number of imidazole rings is 1. The quantitative estimate of drug-likeness (QED) is 0.741. The van der Waals surface area contributed by atoms with Crippen LogP contribution in [0, 0.1) is 6.92 Å². The molecule has 5 nitrogen and oxygen atoms in total. The highest BCUT2D eigenvalue weighted by Crippen LogP contribution is 2.31. The zero-order valence-corrected chi connectivity index (χ0v) is 8.50. The number of alkyl halides is 3. The molecule has 0 saturated carbocycles. The van der Waals surface area contributed by atoms with Crippen LogP contribution in [0.1, 0.15) is 11.6 Å². The number of rotatable bonds is 0. The number of hydrogen-bond acceptors (Lipinski definition) is 4. The second kappa shape index (κ2) is 3.06. The molecule has 2 heterocycles. The van der Waals surface area contributed by atoms with Crippen molar-refractivity contribution in [3.63, 3.8) is 0 Å². The first kappa shape index (κ1) is 10.7. The summed E-state index contributed by atoms with van der Waals surface area (Å²) in [6.07, 6.45) is -4.53. The lowest BCUT2D eigenvalue weighted by molar-refractivity contribution is -0.146. The van der Waals surface area contributed by atoms with Crippen LogP contribution in [0.2, 0.25) is 0 Å². The van der Waals surface area contributed by atoms with E-state index < -0.39 is 12.0 Å². The molecule has 0 fully saturated rings. The van der Waals surface area contributed by atoms with Gasteiger partial charge in [-0.25, -0.2) is 15.0 Å². The maximum absolute atomic E-state index is 12.5. The number of aromatic nitrogens is 4. The third kappa shape index (κ3) is 1.46. The number of halogens is 3. The van der Waals surface area contributed by atoms with Crippen LogP contribution in [0.25, 0.3) is 11.2 Å². The highest BCUT2D eigenvalue weighted by atomic mass is 19.4. The molecule has 0 unspecified atom stereocenters. The van der Waals surface area contributed by atoms with E-state index in [0.29, 0.717) is 5.82 Å². The van der Waals surface area contributed by atoms with Crippen molar-refractivity contribution < 1.29 is 13.2 Å². The van der Waals surface area contributed by atoms with Crippen molar-refractivity contribution in [1.82, 2.24) is 19.5 Å². The molecular formula is C8H8F3N5. The predicted molar refractivity (Wildman–Crippen MR) is 50.5 cm³/mol. The molecule has 0 atom stereocenters. The third-order valence-electron chi connectivity index (χ3n) is 2.11. The Bertz CT molecular complexity index is 557. The highest BCUT2D eigenvalue weighted by Gasteiger charge is 2.37. The van der Waals surface area contributed by atoms with Crippen LogP contribution in [0.3, 0.4) is 0 Å². The lowest BCUT2D eigenvalue weighted by Crippen LogP contribution is -2.12. The van der Waals surface area contributed by atoms with Gasteiger partial charge in [-0.2, -0.15) is 13.2 Å². The molecule has 2 N–H and O–H groups in total. The van der Waals surface area contributed by atoms with E-state index in [9.17, 15) is 13.2 Å². The number of nitrogens with zero attached hydrogens (tertiary/aromatic N) is 4. The van der Waals surface area contributed by atoms with Gasteiger partial charge in [0.15, 0.2) is 17.0 Å². The van der Waals surface area contributed by atoms with Crippen LogP contribution in [-0.2, 0) is 13.2 Å². The van der Waals surface area contributed by atoms with Crippen LogP contribution in [-0.4, -0.2) is 19.5 Å². The van der Waals surface area contributed by atoms with Crippen molar-refractivity contribution in [3.05, 3.63) is 11.6 Å². The van der Waals surface area contributed by atoms with Crippen molar-refractivity contribution in [3.8, 4) is 0 Å². The van der Waals surface area contributed by atoms with Gasteiger partial charge in [0.2, 0.25) is 5.82 Å². The maximum atomic E-state index is 12.5. The summed E-state index contributed by atoms with van der Waals surface area (Å²) in [5.41, 5.74) is 5.54. The standard InChI is InChI=1S/C8H8F3N5/c1-3-13-5(12)4-6(14-3)16(2)7(15-4)8(9,10)11/h1-2H3,(H2,12,13,14). The first-order valence-corrected chi connectivity index (χ1v) is 4.34. The minimum Gasteiger partial charge on any atom is -0.382 e. The number of anilines is 1. The molecule has 2 rings (SSSR count). The van der Waals surface area contributed by atoms with Gasteiger partial charge in [-0.05, 0) is 6.92 Å². The number of fused-ring (bicyclic) bond motifs is 1. The predicted octanol–water partition coefficient (Wildman–Crippen LogP) is 1.27. The second-order valence-corrected chi connectivity index (χ2v) is 3.32. The number of hydrogen-bond donors (Lipinski definition) is 1. The van der Waals surface area contributed by atoms with E-state index in [1.54, 1.807) is 6.92 Å². The molecule has 0 bridgehead atoms. The Balaban J connectivity index is 2.83. The van der Waals surface area contributed by atoms with Gasteiger partial charge in [-0.3, -0.25) is 0 Å². The van der Waals surface area contributed by atoms with Gasteiger partial charge in [0.1, 0.15) is 5.82 Å². The summed E-state index contributed by atoms with van der Waals surface area (Å²) in [4.78, 5) is 11.1. The molecule has 0 aliphatic carbocycles. The van der Waals surface area contributed by atoms with E-state index in [1.807, 2.05) is 0 Å². The van der Waals surface area contributed by atoms with Gasteiger partial charge >= 0.3 is 6.18 Å². The fourth-order valence-corrected chi connectivity index (χ4v) is 1.45. The molecular weight excluding hydrogens is 223 g/mol. The summed E-state index contributed by atoms with van der Waals surface area (Å²) in [5.74, 6) is -0.774. The molecule has 2 aromatic rings. The molecule has 0 radical (unpaired) electrons. The van der Waals surface area contributed by atoms with Crippen LogP contribution < -0.4 is 5.73 Å². The largest absolute Gasteiger partial charge is 0.449 e. The summed E-state index contributed by atoms with van der Waals surface area (Å²) < 4.78 is 38.5. The van der Waals surface area contributed by atoms with Crippen molar-refractivity contribution in [2.24, 2.45) is 7.05 Å². The Kier molecular flexibility index (Phi) is 2.04. The molecule has 0 aromatic carbocycles. The van der Waals surface area contributed by atoms with E-state index in [4.69, 9.17) is 5.73 Å². The smallest absolute Gasteiger partial charge is 0.382 e. The monoisotopic (exact) mass is 231 g/mol. The first-order valence-electron chi connectivity index (χ1n) is 4.34. The second-order valence-electron chi connectivity index (χ2n) is 3.32. The summed E-state index contributed by atoms with van der Waals surface area (Å²) in [6, 6.07) is 0. The molecule has 0 aliphatic rings. The van der Waals surface area contributed by atoms with Gasteiger partial charge in [0, 0.05) is 7.05 Å². The van der Waals surface area contributed by atoms with E-state index in [0.717, 1.165) is 4.57 Å². The Hall–Kier alpha value is -1.86. The van der Waals surface area contributed by atoms with Crippen LogP contribution in [0.15, 0.2) is 0 Å². The van der Waals surface area contributed by atoms with Crippen LogP contribution in [0.4, 0.5) is 19.0 Å². The Morgan fingerprint density at radius 3 is 2.38 bits per heavy atom. The normalized spacial score (nSPS) is 12.3. The average molecular weight is 231 g/mol. The molecule has 0 spiro atoms. The molecule has 8 heteroatoms. The summed E-state index contributed by atoms with van der Waals surface area (Å²) in [7, 11) is 1.24. The summed E-state index contributed by atoms with van der Waals surface area (Å²) in [5, 5.41) is 0. The maximum Gasteiger partial charge on any atom is 0.449 e. The fourth-order valence-electron chi connectivity index (χ4n) is 1.45. The Morgan fingerprint density at radius 1 is 1.19 bits per heavy atom. The number of nitrogens with two attached hydrogens (primary N) is 1. The number of aryl methyl sites for hydroxylation is 2. The first-order chi connectivity index (χ1) is 7.30. The van der Waals surface area contributed by atoms with Gasteiger partial charge in [-0.15, -0.1) is 0 Å². The van der Waals surface area contributed by atoms with Gasteiger partial charge in [0.25, 0.3) is 0 Å². The average Bonchev–Trinajstić information content (AvgIpc) is 2.43. The zero-order valence-electron chi connectivity index (χ0n) is 8.50. The van der Waals surface area contributed by atoms with E-state index in [-0.39, 0.29) is 17.0 Å². The third-order valence-corrected chi connectivity index (χ3v) is 2.11. The van der Waals surface area contributed by atoms with E-state index >= 15 is 0 Å². The fraction of sp³-hybridized carbons (Fsp3) is 0.375. The molecule has 2 aromatic heterocycles. The lowest BCUT2D eigenvalue weighted by Gasteiger charge is -2.04. The molecule has 0 aliphatic heterocycles. The Morgan fingerprint density at radius 2 is 1.81 bits per heavy atom. The van der Waals surface area contributed by atoms with Crippen molar-refractivity contribution in [2.45, 2.75) is 13.1 Å². The SMILES string of the molecule is Cc1nc(N)c2nc(C(F)(F)F)n(C)c2n1. The Labute approximate surface area is 88.1 Å². The molecule has 0 amide bonds. The minimum atomic E-state index is -4.53. The van der Waals surface area contributed by atoms with Gasteiger partial charge in [-0.1, -0.05) is 0 Å².